The molecule has 0 aliphatic carbocycles. The number of benzene rings is 2. The highest BCUT2D eigenvalue weighted by molar-refractivity contribution is 7.12. The predicted octanol–water partition coefficient (Wildman–Crippen LogP) is 5.55. The maximum atomic E-state index is 12.4. The third-order valence-electron chi connectivity index (χ3n) is 4.81. The number of nitrogens with one attached hydrogen (secondary N) is 1. The van der Waals surface area contributed by atoms with Crippen molar-refractivity contribution in [2.45, 2.75) is 32.7 Å². The number of aromatic nitrogens is 2. The Bertz CT molecular complexity index is 1080. The number of rotatable bonds is 7. The molecule has 0 fully saturated rings. The van der Waals surface area contributed by atoms with Gasteiger partial charge in [-0.2, -0.15) is 0 Å². The standard InChI is InChI=1S/C23H23N3OS/c1-2-15-26-20-11-6-5-10-19(20)24-22(26)14-13-17-8-3-4-9-18(17)25-23(27)21-12-7-16-28-21/h3-12,16H,2,13-15H2,1H3,(H,25,27). The second-order valence-electron chi connectivity index (χ2n) is 6.76. The van der Waals surface area contributed by atoms with E-state index in [9.17, 15) is 4.79 Å². The highest BCUT2D eigenvalue weighted by Crippen LogP contribution is 2.22. The Morgan fingerprint density at radius 2 is 1.86 bits per heavy atom. The fourth-order valence-corrected chi connectivity index (χ4v) is 4.11. The molecule has 0 saturated heterocycles. The molecule has 0 saturated carbocycles. The molecule has 28 heavy (non-hydrogen) atoms. The van der Waals surface area contributed by atoms with E-state index in [0.29, 0.717) is 0 Å². The first-order valence-electron chi connectivity index (χ1n) is 9.63. The first kappa shape index (κ1) is 18.4. The number of amides is 1. The van der Waals surface area contributed by atoms with Crippen molar-refractivity contribution < 1.29 is 4.79 Å². The molecule has 142 valence electrons. The molecule has 0 spiro atoms. The molecule has 4 aromatic rings. The lowest BCUT2D eigenvalue weighted by molar-refractivity contribution is 0.103. The first-order chi connectivity index (χ1) is 13.8. The Labute approximate surface area is 168 Å². The van der Waals surface area contributed by atoms with Crippen molar-refractivity contribution in [3.8, 4) is 0 Å². The van der Waals surface area contributed by atoms with Gasteiger partial charge in [0.2, 0.25) is 0 Å². The molecule has 0 bridgehead atoms. The van der Waals surface area contributed by atoms with Crippen molar-refractivity contribution in [3.63, 3.8) is 0 Å². The lowest BCUT2D eigenvalue weighted by atomic mass is 10.1. The van der Waals surface area contributed by atoms with Gasteiger partial charge >= 0.3 is 0 Å². The van der Waals surface area contributed by atoms with Crippen molar-refractivity contribution in [2.24, 2.45) is 0 Å². The molecule has 2 aromatic carbocycles. The van der Waals surface area contributed by atoms with E-state index in [-0.39, 0.29) is 5.91 Å². The number of anilines is 1. The summed E-state index contributed by atoms with van der Waals surface area (Å²) in [6.45, 7) is 3.15. The summed E-state index contributed by atoms with van der Waals surface area (Å²) >= 11 is 1.45. The summed E-state index contributed by atoms with van der Waals surface area (Å²) < 4.78 is 2.32. The maximum Gasteiger partial charge on any atom is 0.265 e. The minimum Gasteiger partial charge on any atom is -0.328 e. The van der Waals surface area contributed by atoms with Crippen LogP contribution in [0.3, 0.4) is 0 Å². The van der Waals surface area contributed by atoms with Gasteiger partial charge in [-0.25, -0.2) is 4.98 Å². The lowest BCUT2D eigenvalue weighted by Gasteiger charge is -2.12. The summed E-state index contributed by atoms with van der Waals surface area (Å²) in [6.07, 6.45) is 2.73. The number of imidazole rings is 1. The zero-order chi connectivity index (χ0) is 19.3. The van der Waals surface area contributed by atoms with Crippen LogP contribution in [0.5, 0.6) is 0 Å². The van der Waals surface area contributed by atoms with E-state index in [1.807, 2.05) is 41.8 Å². The van der Waals surface area contributed by atoms with E-state index in [1.165, 1.54) is 16.9 Å². The van der Waals surface area contributed by atoms with Crippen LogP contribution in [0.15, 0.2) is 66.0 Å². The molecular weight excluding hydrogens is 366 g/mol. The van der Waals surface area contributed by atoms with Crippen molar-refractivity contribution in [2.75, 3.05) is 5.32 Å². The Morgan fingerprint density at radius 1 is 1.04 bits per heavy atom. The van der Waals surface area contributed by atoms with Gasteiger partial charge < -0.3 is 9.88 Å². The van der Waals surface area contributed by atoms with Crippen LogP contribution in [0.1, 0.15) is 34.4 Å². The van der Waals surface area contributed by atoms with Crippen molar-refractivity contribution in [1.82, 2.24) is 9.55 Å². The summed E-state index contributed by atoms with van der Waals surface area (Å²) in [5.74, 6) is 1.04. The summed E-state index contributed by atoms with van der Waals surface area (Å²) in [4.78, 5) is 18.0. The summed E-state index contributed by atoms with van der Waals surface area (Å²) in [5, 5.41) is 4.98. The van der Waals surface area contributed by atoms with Gasteiger partial charge in [-0.3, -0.25) is 4.79 Å². The van der Waals surface area contributed by atoms with Crippen LogP contribution in [0.25, 0.3) is 11.0 Å². The molecule has 0 atom stereocenters. The van der Waals surface area contributed by atoms with Crippen LogP contribution in [0.4, 0.5) is 5.69 Å². The van der Waals surface area contributed by atoms with Gasteiger partial charge in [-0.05, 0) is 48.1 Å². The second-order valence-corrected chi connectivity index (χ2v) is 7.70. The van der Waals surface area contributed by atoms with Gasteiger partial charge in [0.05, 0.1) is 15.9 Å². The Balaban J connectivity index is 1.55. The molecule has 1 amide bonds. The number of hydrogen-bond acceptors (Lipinski definition) is 3. The number of thiophene rings is 1. The highest BCUT2D eigenvalue weighted by Gasteiger charge is 2.13. The fourth-order valence-electron chi connectivity index (χ4n) is 3.49. The lowest BCUT2D eigenvalue weighted by Crippen LogP contribution is -2.12. The zero-order valence-electron chi connectivity index (χ0n) is 15.9. The van der Waals surface area contributed by atoms with E-state index in [0.717, 1.165) is 53.3 Å². The number of aryl methyl sites for hydroxylation is 3. The third-order valence-corrected chi connectivity index (χ3v) is 5.68. The van der Waals surface area contributed by atoms with E-state index in [1.54, 1.807) is 0 Å². The van der Waals surface area contributed by atoms with E-state index in [4.69, 9.17) is 4.98 Å². The minimum atomic E-state index is -0.0549. The monoisotopic (exact) mass is 389 g/mol. The number of carbonyl (C=O) groups is 1. The predicted molar refractivity (Wildman–Crippen MR) is 116 cm³/mol. The Hall–Kier alpha value is -2.92. The Kier molecular flexibility index (Phi) is 5.53. The number of fused-ring (bicyclic) bond motifs is 1. The zero-order valence-corrected chi connectivity index (χ0v) is 16.7. The van der Waals surface area contributed by atoms with Crippen LogP contribution in [-0.4, -0.2) is 15.5 Å². The number of carbonyl (C=O) groups excluding carboxylic acids is 1. The molecule has 0 unspecified atom stereocenters. The van der Waals surface area contributed by atoms with E-state index >= 15 is 0 Å². The summed E-state index contributed by atoms with van der Waals surface area (Å²) in [6, 6.07) is 20.1. The SMILES string of the molecule is CCCn1c(CCc2ccccc2NC(=O)c2cccs2)nc2ccccc21. The van der Waals surface area contributed by atoms with Crippen LogP contribution < -0.4 is 5.32 Å². The Morgan fingerprint density at radius 3 is 2.68 bits per heavy atom. The third kappa shape index (κ3) is 3.85. The molecule has 0 aliphatic heterocycles. The molecule has 0 radical (unpaired) electrons. The van der Waals surface area contributed by atoms with Gasteiger partial charge in [0.1, 0.15) is 5.82 Å². The van der Waals surface area contributed by atoms with Gasteiger partial charge in [-0.15, -0.1) is 11.3 Å². The van der Waals surface area contributed by atoms with E-state index in [2.05, 4.69) is 41.1 Å². The number of nitrogens with zero attached hydrogens (tertiary/aromatic N) is 2. The fraction of sp³-hybridized carbons (Fsp3) is 0.217. The minimum absolute atomic E-state index is 0.0549. The molecule has 4 rings (SSSR count). The summed E-state index contributed by atoms with van der Waals surface area (Å²) in [5.41, 5.74) is 4.24. The number of hydrogen-bond donors (Lipinski definition) is 1. The second kappa shape index (κ2) is 8.40. The maximum absolute atomic E-state index is 12.4. The number of para-hydroxylation sites is 3. The normalized spacial score (nSPS) is 11.0. The average Bonchev–Trinajstić information content (AvgIpc) is 3.36. The van der Waals surface area contributed by atoms with Crippen molar-refractivity contribution in [3.05, 3.63) is 82.3 Å². The quantitative estimate of drug-likeness (QED) is 0.451. The van der Waals surface area contributed by atoms with Crippen LogP contribution in [-0.2, 0) is 19.4 Å². The van der Waals surface area contributed by atoms with Gasteiger partial charge in [0, 0.05) is 18.7 Å². The van der Waals surface area contributed by atoms with Crippen LogP contribution >= 0.6 is 11.3 Å². The smallest absolute Gasteiger partial charge is 0.265 e. The molecule has 2 heterocycles. The van der Waals surface area contributed by atoms with Gasteiger partial charge in [0.15, 0.2) is 0 Å². The molecule has 4 nitrogen and oxygen atoms in total. The van der Waals surface area contributed by atoms with Crippen LogP contribution in [0.2, 0.25) is 0 Å². The first-order valence-corrected chi connectivity index (χ1v) is 10.5. The topological polar surface area (TPSA) is 46.9 Å². The van der Waals surface area contributed by atoms with Crippen LogP contribution in [0, 0.1) is 0 Å². The van der Waals surface area contributed by atoms with Gasteiger partial charge in [0.25, 0.3) is 5.91 Å². The average molecular weight is 390 g/mol. The molecule has 2 aromatic heterocycles. The molecular formula is C23H23N3OS. The van der Waals surface area contributed by atoms with Crippen molar-refractivity contribution >= 4 is 34.0 Å². The summed E-state index contributed by atoms with van der Waals surface area (Å²) in [7, 11) is 0. The van der Waals surface area contributed by atoms with Crippen molar-refractivity contribution in [1.29, 1.82) is 0 Å². The molecule has 5 heteroatoms. The largest absolute Gasteiger partial charge is 0.328 e. The van der Waals surface area contributed by atoms with E-state index < -0.39 is 0 Å². The highest BCUT2D eigenvalue weighted by atomic mass is 32.1. The van der Waals surface area contributed by atoms with Gasteiger partial charge in [-0.1, -0.05) is 43.3 Å². The molecule has 1 N–H and O–H groups in total. The molecule has 0 aliphatic rings.